The Morgan fingerprint density at radius 3 is 1.32 bits per heavy atom. The zero-order chi connectivity index (χ0) is 65.3. The summed E-state index contributed by atoms with van der Waals surface area (Å²) in [6.45, 7) is 28.0. The highest BCUT2D eigenvalue weighted by atomic mass is 16.3. The second kappa shape index (κ2) is 34.1. The lowest BCUT2D eigenvalue weighted by atomic mass is 9.91. The number of nitrogens with one attached hydrogen (secondary N) is 5. The van der Waals surface area contributed by atoms with Crippen LogP contribution in [0.3, 0.4) is 0 Å². The molecule has 1 saturated heterocycles. The Labute approximate surface area is 500 Å². The minimum Gasteiger partial charge on any atom is -0.391 e. The van der Waals surface area contributed by atoms with Crippen molar-refractivity contribution in [2.75, 3.05) is 48.8 Å². The maximum absolute atomic E-state index is 15.1. The molecule has 0 aromatic heterocycles. The minimum atomic E-state index is -1.75. The monoisotopic (exact) mass is 1190 g/mol. The van der Waals surface area contributed by atoms with Crippen molar-refractivity contribution in [2.24, 2.45) is 41.4 Å². The van der Waals surface area contributed by atoms with E-state index in [1.165, 1.54) is 82.7 Å². The fourth-order valence-corrected chi connectivity index (χ4v) is 10.3. The van der Waals surface area contributed by atoms with Crippen LogP contribution in [0.4, 0.5) is 0 Å². The third-order valence-electron chi connectivity index (χ3n) is 15.5. The number of amides is 11. The Bertz CT molecular complexity index is 2310. The predicted molar refractivity (Wildman–Crippen MR) is 321 cm³/mol. The molecule has 13 unspecified atom stereocenters. The molecular weight excluding hydrogens is 1080 g/mol. The number of aliphatic hydroxyl groups excluding tert-OH is 2. The number of likely N-dealkylation sites (N-methyl/N-ethyl adjacent to an activating group) is 6. The molecule has 24 heteroatoms. The highest BCUT2D eigenvalue weighted by molar-refractivity contribution is 5.99. The molecule has 11 amide bonds. The third-order valence-corrected chi connectivity index (χ3v) is 15.5. The first kappa shape index (κ1) is 75.8. The predicted octanol–water partition coefficient (Wildman–Crippen LogP) is 1.51. The van der Waals surface area contributed by atoms with E-state index in [0.717, 1.165) is 9.80 Å². The van der Waals surface area contributed by atoms with Gasteiger partial charge in [0.15, 0.2) is 0 Å². The van der Waals surface area contributed by atoms with Crippen molar-refractivity contribution in [3.63, 3.8) is 0 Å². The summed E-state index contributed by atoms with van der Waals surface area (Å²) in [5.74, 6) is -11.3. The molecule has 24 nitrogen and oxygen atoms in total. The fourth-order valence-electron chi connectivity index (χ4n) is 10.3. The quantitative estimate of drug-likeness (QED) is 0.122. The van der Waals surface area contributed by atoms with Gasteiger partial charge < -0.3 is 66.2 Å². The Hall–Kier alpha value is -6.17. The highest BCUT2D eigenvalue weighted by Crippen LogP contribution is 2.25. The Morgan fingerprint density at radius 1 is 0.440 bits per heavy atom. The van der Waals surface area contributed by atoms with Crippen molar-refractivity contribution >= 4 is 65.0 Å². The van der Waals surface area contributed by atoms with Crippen LogP contribution in [0.1, 0.15) is 143 Å². The number of nitrogens with zero attached hydrogens (tertiary/aromatic N) is 6. The molecule has 0 spiro atoms. The molecule has 7 N–H and O–H groups in total. The largest absolute Gasteiger partial charge is 0.391 e. The number of carbonyl (C=O) groups is 11. The summed E-state index contributed by atoms with van der Waals surface area (Å²) in [5, 5.41) is 36.4. The van der Waals surface area contributed by atoms with Crippen molar-refractivity contribution < 1.29 is 63.0 Å². The van der Waals surface area contributed by atoms with Crippen LogP contribution < -0.4 is 26.6 Å². The van der Waals surface area contributed by atoms with Gasteiger partial charge in [0, 0.05) is 42.3 Å². The first-order valence-electron chi connectivity index (χ1n) is 29.7. The molecule has 480 valence electrons. The van der Waals surface area contributed by atoms with Gasteiger partial charge in [-0.1, -0.05) is 102 Å². The molecule has 0 aliphatic carbocycles. The van der Waals surface area contributed by atoms with Crippen LogP contribution in [-0.2, 0) is 52.7 Å². The van der Waals surface area contributed by atoms with Crippen LogP contribution >= 0.6 is 0 Å². The lowest BCUT2D eigenvalue weighted by Gasteiger charge is -2.41. The number of hydrogen-bond donors (Lipinski definition) is 7. The molecule has 0 aromatic carbocycles. The van der Waals surface area contributed by atoms with Gasteiger partial charge in [0.2, 0.25) is 65.0 Å². The van der Waals surface area contributed by atoms with Crippen LogP contribution in [-0.4, -0.2) is 226 Å². The summed E-state index contributed by atoms with van der Waals surface area (Å²) in [4.78, 5) is 166. The van der Waals surface area contributed by atoms with Crippen molar-refractivity contribution in [3.8, 4) is 0 Å². The van der Waals surface area contributed by atoms with E-state index >= 15 is 9.59 Å². The third kappa shape index (κ3) is 21.1. The summed E-state index contributed by atoms with van der Waals surface area (Å²) in [6.07, 6.45) is 0.979. The lowest BCUT2D eigenvalue weighted by molar-refractivity contribution is -0.157. The van der Waals surface area contributed by atoms with Crippen molar-refractivity contribution in [1.29, 1.82) is 0 Å². The van der Waals surface area contributed by atoms with Crippen LogP contribution in [0.2, 0.25) is 0 Å². The van der Waals surface area contributed by atoms with Crippen LogP contribution in [0.5, 0.6) is 0 Å². The molecule has 1 rings (SSSR count). The molecule has 1 aliphatic heterocycles. The number of aliphatic hydroxyl groups is 2. The average Bonchev–Trinajstić information content (AvgIpc) is 3.54. The Balaban J connectivity index is 4.30. The second-order valence-corrected chi connectivity index (χ2v) is 25.5. The summed E-state index contributed by atoms with van der Waals surface area (Å²) >= 11 is 0. The molecule has 1 heterocycles. The van der Waals surface area contributed by atoms with E-state index in [-0.39, 0.29) is 43.4 Å². The topological polar surface area (TPSA) is 308 Å². The van der Waals surface area contributed by atoms with E-state index in [4.69, 9.17) is 0 Å². The van der Waals surface area contributed by atoms with E-state index in [0.29, 0.717) is 0 Å². The van der Waals surface area contributed by atoms with Crippen LogP contribution in [0.15, 0.2) is 12.2 Å². The van der Waals surface area contributed by atoms with Gasteiger partial charge in [-0.3, -0.25) is 52.7 Å². The maximum Gasteiger partial charge on any atom is 0.248 e. The molecule has 13 atom stereocenters. The smallest absolute Gasteiger partial charge is 0.248 e. The molecular formula is C60H107N11O13. The van der Waals surface area contributed by atoms with Crippen LogP contribution in [0.25, 0.3) is 0 Å². The summed E-state index contributed by atoms with van der Waals surface area (Å²) in [7, 11) is 8.19. The fraction of sp³-hybridized carbons (Fsp3) is 0.783. The highest BCUT2D eigenvalue weighted by Gasteiger charge is 2.46. The van der Waals surface area contributed by atoms with E-state index < -0.39 is 168 Å². The number of allylic oxidation sites excluding steroid dienone is 2. The van der Waals surface area contributed by atoms with Gasteiger partial charge >= 0.3 is 0 Å². The van der Waals surface area contributed by atoms with Crippen molar-refractivity contribution in [2.45, 2.75) is 216 Å². The number of hydrogen-bond acceptors (Lipinski definition) is 13. The molecule has 0 bridgehead atoms. The second-order valence-electron chi connectivity index (χ2n) is 25.5. The summed E-state index contributed by atoms with van der Waals surface area (Å²) < 4.78 is 0. The number of rotatable bonds is 14. The first-order valence-corrected chi connectivity index (χ1v) is 29.7. The zero-order valence-electron chi connectivity index (χ0n) is 54.7. The van der Waals surface area contributed by atoms with Gasteiger partial charge in [0.1, 0.15) is 60.4 Å². The summed E-state index contributed by atoms with van der Waals surface area (Å²) in [5.41, 5.74) is 0. The molecule has 0 radical (unpaired) electrons. The maximum atomic E-state index is 15.1. The molecule has 0 saturated carbocycles. The average molecular weight is 1190 g/mol. The number of carbonyl (C=O) groups excluding carboxylic acids is 11. The standard InChI is InChI=1S/C60H107N11O13/c1-24-25-26-37(14)50(74)49-54(78)65-47(40(17)72)58(82)66(18)30-44(73)63-45(34(8)9)53(77)64-46(35(10)11)59(83)67(19)41(27-31(2)3)52(76)61-38(15)51(75)62-39(16)55(79)68(20)42(28-32(4)5)56(80)69(21)43(29-33(6)7)57(81)70(22)48(36(12)13)60(84)71(49)23/h24-25,31-43,45-50,72,74H,26-30H2,1-23H3,(H,61,76)(H,62,75)(H,63,73)(H,64,77)(H,65,78). The lowest BCUT2D eigenvalue weighted by Crippen LogP contribution is -2.64. The van der Waals surface area contributed by atoms with E-state index in [1.807, 2.05) is 41.5 Å². The van der Waals surface area contributed by atoms with Gasteiger partial charge in [-0.25, -0.2) is 0 Å². The van der Waals surface area contributed by atoms with Gasteiger partial charge in [0.25, 0.3) is 0 Å². The molecule has 1 aliphatic rings. The van der Waals surface area contributed by atoms with Gasteiger partial charge in [-0.2, -0.15) is 0 Å². The van der Waals surface area contributed by atoms with E-state index in [1.54, 1.807) is 67.5 Å². The van der Waals surface area contributed by atoms with E-state index in [2.05, 4.69) is 26.6 Å². The van der Waals surface area contributed by atoms with Gasteiger partial charge in [0.05, 0.1) is 18.8 Å². The molecule has 1 fully saturated rings. The normalized spacial score (nSPS) is 27.3. The minimum absolute atomic E-state index is 0.118. The van der Waals surface area contributed by atoms with Crippen molar-refractivity contribution in [1.82, 2.24) is 56.0 Å². The first-order chi connectivity index (χ1) is 38.7. The van der Waals surface area contributed by atoms with Gasteiger partial charge in [-0.15, -0.1) is 0 Å². The zero-order valence-corrected chi connectivity index (χ0v) is 54.7. The van der Waals surface area contributed by atoms with E-state index in [9.17, 15) is 53.4 Å². The Kier molecular flexibility index (Phi) is 30.8. The Morgan fingerprint density at radius 2 is 0.869 bits per heavy atom. The SMILES string of the molecule is CC=CCC(C)C(O)C1C(=O)NC(C(C)O)C(=O)N(C)CC(=O)NC(C(C)C)C(=O)NC(C(C)C)C(=O)N(C)C(CC(C)C)C(=O)NC(C)C(=O)NC(C)C(=O)N(C)C(CC(C)C)C(=O)N(C)C(CC(C)C)C(=O)N(C)C(C(C)C)C(=O)N1C. The molecule has 84 heavy (non-hydrogen) atoms. The summed E-state index contributed by atoms with van der Waals surface area (Å²) in [6, 6.07) is -13.2. The molecule has 0 aromatic rings. The van der Waals surface area contributed by atoms with Gasteiger partial charge in [-0.05, 0) is 94.8 Å². The van der Waals surface area contributed by atoms with Crippen molar-refractivity contribution in [3.05, 3.63) is 12.2 Å². The van der Waals surface area contributed by atoms with Crippen LogP contribution in [0, 0.1) is 41.4 Å².